The molecule has 120 valence electrons. The molecule has 0 amide bonds. The van der Waals surface area contributed by atoms with Gasteiger partial charge in [-0.15, -0.1) is 0 Å². The minimum absolute atomic E-state index is 0.163. The molecule has 0 spiro atoms. The van der Waals surface area contributed by atoms with Crippen molar-refractivity contribution in [2.24, 2.45) is 7.05 Å². The molecule has 0 fully saturated rings. The lowest BCUT2D eigenvalue weighted by Crippen LogP contribution is -2.28. The molecule has 0 saturated carbocycles. The van der Waals surface area contributed by atoms with Crippen molar-refractivity contribution in [2.45, 2.75) is 12.3 Å². The molecule has 1 aromatic carbocycles. The van der Waals surface area contributed by atoms with Gasteiger partial charge in [0, 0.05) is 7.05 Å². The van der Waals surface area contributed by atoms with Crippen molar-refractivity contribution >= 4 is 22.6 Å². The minimum atomic E-state index is -4.66. The summed E-state index contributed by atoms with van der Waals surface area (Å²) in [6, 6.07) is 6.68. The zero-order valence-electron chi connectivity index (χ0n) is 11.8. The molecule has 5 nitrogen and oxygen atoms in total. The Morgan fingerprint density at radius 2 is 1.83 bits per heavy atom. The predicted octanol–water partition coefficient (Wildman–Crippen LogP) is 3.70. The average Bonchev–Trinajstić information content (AvgIpc) is 2.89. The summed E-state index contributed by atoms with van der Waals surface area (Å²) in [5, 5.41) is -0.236. The second-order valence-corrected chi connectivity index (χ2v) is 5.14. The van der Waals surface area contributed by atoms with Crippen molar-refractivity contribution < 1.29 is 17.9 Å². The number of aromatic nitrogens is 4. The quantitative estimate of drug-likeness (QED) is 0.728. The fourth-order valence-corrected chi connectivity index (χ4v) is 2.24. The summed E-state index contributed by atoms with van der Waals surface area (Å²) in [5.41, 5.74) is 0.690. The number of ether oxygens (including phenoxy) is 1. The van der Waals surface area contributed by atoms with Gasteiger partial charge in [0.05, 0.1) is 29.3 Å². The molecule has 1 atom stereocenters. The van der Waals surface area contributed by atoms with Crippen LogP contribution >= 0.6 is 11.6 Å². The highest BCUT2D eigenvalue weighted by molar-refractivity contribution is 6.31. The highest BCUT2D eigenvalue weighted by Gasteiger charge is 2.45. The van der Waals surface area contributed by atoms with E-state index in [-0.39, 0.29) is 16.7 Å². The molecule has 3 rings (SSSR count). The molecular formula is C14H10ClF3N4O. The molecule has 3 aromatic rings. The number of para-hydroxylation sites is 2. The molecule has 2 heterocycles. The molecule has 1 unspecified atom stereocenters. The lowest BCUT2D eigenvalue weighted by molar-refractivity contribution is -0.200. The molecule has 0 aliphatic carbocycles. The van der Waals surface area contributed by atoms with Crippen LogP contribution in [0.2, 0.25) is 5.15 Å². The van der Waals surface area contributed by atoms with Gasteiger partial charge >= 0.3 is 6.18 Å². The Labute approximate surface area is 133 Å². The zero-order chi connectivity index (χ0) is 16.6. The first-order valence-corrected chi connectivity index (χ1v) is 6.86. The highest BCUT2D eigenvalue weighted by Crippen LogP contribution is 2.37. The second-order valence-electron chi connectivity index (χ2n) is 4.78. The third kappa shape index (κ3) is 3.07. The van der Waals surface area contributed by atoms with E-state index in [0.29, 0.717) is 11.0 Å². The van der Waals surface area contributed by atoms with E-state index in [2.05, 4.69) is 15.0 Å². The van der Waals surface area contributed by atoms with E-state index in [9.17, 15) is 13.2 Å². The first-order valence-electron chi connectivity index (χ1n) is 6.48. The fraction of sp³-hybridized carbons (Fsp3) is 0.214. The molecule has 0 aliphatic heterocycles. The second kappa shape index (κ2) is 5.69. The summed E-state index contributed by atoms with van der Waals surface area (Å²) >= 11 is 5.91. The van der Waals surface area contributed by atoms with Crippen molar-refractivity contribution in [3.8, 4) is 5.88 Å². The van der Waals surface area contributed by atoms with Crippen molar-refractivity contribution in [3.05, 3.63) is 47.6 Å². The number of halogens is 4. The Kier molecular flexibility index (Phi) is 3.85. The molecule has 0 saturated heterocycles. The lowest BCUT2D eigenvalue weighted by atomic mass is 10.2. The van der Waals surface area contributed by atoms with E-state index >= 15 is 0 Å². The van der Waals surface area contributed by atoms with E-state index < -0.39 is 12.3 Å². The van der Waals surface area contributed by atoms with Crippen LogP contribution in [0, 0.1) is 0 Å². The van der Waals surface area contributed by atoms with Crippen molar-refractivity contribution in [1.82, 2.24) is 19.5 Å². The van der Waals surface area contributed by atoms with E-state index in [4.69, 9.17) is 16.3 Å². The van der Waals surface area contributed by atoms with E-state index in [0.717, 1.165) is 6.20 Å². The van der Waals surface area contributed by atoms with Gasteiger partial charge in [0.1, 0.15) is 0 Å². The first kappa shape index (κ1) is 15.5. The number of aryl methyl sites for hydroxylation is 1. The van der Waals surface area contributed by atoms with Gasteiger partial charge in [-0.1, -0.05) is 23.7 Å². The Morgan fingerprint density at radius 1 is 1.17 bits per heavy atom. The summed E-state index contributed by atoms with van der Waals surface area (Å²) in [5.74, 6) is -0.381. The standard InChI is InChI=1S/C14H10ClF3N4O/c1-22-7-19-6-10(22)11(14(16,17)18)23-13-12(15)20-8-4-2-3-5-9(8)21-13/h2-7,11H,1H3. The van der Waals surface area contributed by atoms with Gasteiger partial charge in [0.25, 0.3) is 5.88 Å². The van der Waals surface area contributed by atoms with Gasteiger partial charge in [-0.3, -0.25) is 0 Å². The summed E-state index contributed by atoms with van der Waals surface area (Å²) in [7, 11) is 1.44. The van der Waals surface area contributed by atoms with Gasteiger partial charge in [0.2, 0.25) is 6.10 Å². The van der Waals surface area contributed by atoms with Crippen LogP contribution in [0.25, 0.3) is 11.0 Å². The third-order valence-electron chi connectivity index (χ3n) is 3.15. The SMILES string of the molecule is Cn1cncc1C(Oc1nc2ccccc2nc1Cl)C(F)(F)F. The number of alkyl halides is 3. The number of hydrogen-bond acceptors (Lipinski definition) is 4. The molecular weight excluding hydrogens is 333 g/mol. The molecule has 2 aromatic heterocycles. The van der Waals surface area contributed by atoms with E-state index in [1.165, 1.54) is 17.9 Å². The molecule has 0 radical (unpaired) electrons. The molecule has 23 heavy (non-hydrogen) atoms. The maximum absolute atomic E-state index is 13.3. The van der Waals surface area contributed by atoms with Gasteiger partial charge in [-0.05, 0) is 12.1 Å². The van der Waals surface area contributed by atoms with Gasteiger partial charge < -0.3 is 9.30 Å². The lowest BCUT2D eigenvalue weighted by Gasteiger charge is -2.21. The van der Waals surface area contributed by atoms with Crippen LogP contribution in [-0.2, 0) is 7.05 Å². The monoisotopic (exact) mass is 342 g/mol. The van der Waals surface area contributed by atoms with Crippen LogP contribution in [0.4, 0.5) is 13.2 Å². The van der Waals surface area contributed by atoms with Gasteiger partial charge in [0.15, 0.2) is 5.15 Å². The van der Waals surface area contributed by atoms with Crippen LogP contribution in [0.3, 0.4) is 0 Å². The number of rotatable bonds is 3. The smallest absolute Gasteiger partial charge is 0.431 e. The van der Waals surface area contributed by atoms with Gasteiger partial charge in [-0.25, -0.2) is 15.0 Å². The van der Waals surface area contributed by atoms with Crippen LogP contribution in [-0.4, -0.2) is 25.7 Å². The normalized spacial score (nSPS) is 13.3. The summed E-state index contributed by atoms with van der Waals surface area (Å²) in [4.78, 5) is 11.7. The van der Waals surface area contributed by atoms with Crippen LogP contribution in [0.15, 0.2) is 36.8 Å². The van der Waals surface area contributed by atoms with E-state index in [1.807, 2.05) is 0 Å². The Bertz CT molecular complexity index is 849. The summed E-state index contributed by atoms with van der Waals surface area (Å²) < 4.78 is 46.3. The third-order valence-corrected chi connectivity index (χ3v) is 3.39. The largest absolute Gasteiger partial charge is 0.456 e. The topological polar surface area (TPSA) is 52.8 Å². The molecule has 0 bridgehead atoms. The summed E-state index contributed by atoms with van der Waals surface area (Å²) in [6.07, 6.45) is -4.57. The Balaban J connectivity index is 2.04. The Hall–Kier alpha value is -2.35. The summed E-state index contributed by atoms with van der Waals surface area (Å²) in [6.45, 7) is 0. The number of benzene rings is 1. The molecule has 0 aliphatic rings. The van der Waals surface area contributed by atoms with Crippen molar-refractivity contribution in [3.63, 3.8) is 0 Å². The number of nitrogens with zero attached hydrogens (tertiary/aromatic N) is 4. The number of fused-ring (bicyclic) bond motifs is 1. The highest BCUT2D eigenvalue weighted by atomic mass is 35.5. The first-order chi connectivity index (χ1) is 10.9. The van der Waals surface area contributed by atoms with E-state index in [1.54, 1.807) is 24.3 Å². The van der Waals surface area contributed by atoms with Crippen LogP contribution in [0.1, 0.15) is 11.8 Å². The van der Waals surface area contributed by atoms with Crippen molar-refractivity contribution in [2.75, 3.05) is 0 Å². The maximum atomic E-state index is 13.3. The number of hydrogen-bond donors (Lipinski definition) is 0. The fourth-order valence-electron chi connectivity index (χ4n) is 2.06. The number of imidazole rings is 1. The van der Waals surface area contributed by atoms with Crippen LogP contribution in [0.5, 0.6) is 5.88 Å². The average molecular weight is 343 g/mol. The zero-order valence-corrected chi connectivity index (χ0v) is 12.5. The predicted molar refractivity (Wildman–Crippen MR) is 77.2 cm³/mol. The minimum Gasteiger partial charge on any atom is -0.456 e. The maximum Gasteiger partial charge on any atom is 0.431 e. The molecule has 9 heteroatoms. The molecule has 0 N–H and O–H groups in total. The Morgan fingerprint density at radius 3 is 2.39 bits per heavy atom. The van der Waals surface area contributed by atoms with Gasteiger partial charge in [-0.2, -0.15) is 13.2 Å². The van der Waals surface area contributed by atoms with Crippen LogP contribution < -0.4 is 4.74 Å². The van der Waals surface area contributed by atoms with Crippen molar-refractivity contribution in [1.29, 1.82) is 0 Å².